The Kier molecular flexibility index (Phi) is 7.22. The van der Waals surface area contributed by atoms with Crippen LogP contribution < -0.4 is 4.74 Å². The number of phenolic OH excluding ortho intramolecular Hbond substituents is 1. The summed E-state index contributed by atoms with van der Waals surface area (Å²) >= 11 is 8.23. The summed E-state index contributed by atoms with van der Waals surface area (Å²) in [7, 11) is 3.46. The molecule has 3 aliphatic rings. The van der Waals surface area contributed by atoms with Crippen molar-refractivity contribution in [3.8, 4) is 11.5 Å². The number of carbonyl (C=O) groups excluding carboxylic acids is 2. The summed E-state index contributed by atoms with van der Waals surface area (Å²) in [5, 5.41) is 35.1. The second-order valence-electron chi connectivity index (χ2n) is 10.8. The van der Waals surface area contributed by atoms with Crippen molar-refractivity contribution in [3.05, 3.63) is 58.1 Å². The van der Waals surface area contributed by atoms with Crippen LogP contribution in [-0.2, 0) is 11.8 Å². The van der Waals surface area contributed by atoms with Crippen molar-refractivity contribution < 1.29 is 29.6 Å². The van der Waals surface area contributed by atoms with Gasteiger partial charge in [0.15, 0.2) is 17.3 Å². The number of likely N-dealkylation sites (N-methyl/N-ethyl adjacent to an activating group) is 2. The summed E-state index contributed by atoms with van der Waals surface area (Å²) < 4.78 is 5.29. The number of aliphatic hydroxyl groups excluding tert-OH is 1. The first-order chi connectivity index (χ1) is 17.9. The molecule has 2 aromatic rings. The highest BCUT2D eigenvalue weighted by Crippen LogP contribution is 2.62. The zero-order valence-electron chi connectivity index (χ0n) is 21.5. The number of piperidine rings is 1. The van der Waals surface area contributed by atoms with Gasteiger partial charge in [-0.2, -0.15) is 0 Å². The third kappa shape index (κ3) is 4.04. The van der Waals surface area contributed by atoms with E-state index in [1.807, 2.05) is 13.1 Å². The Morgan fingerprint density at radius 2 is 2.00 bits per heavy atom. The molecule has 204 valence electrons. The van der Waals surface area contributed by atoms with Gasteiger partial charge in [-0.1, -0.05) is 52.4 Å². The first-order valence-electron chi connectivity index (χ1n) is 12.8. The number of phenols is 1. The molecule has 2 bridgehead atoms. The monoisotopic (exact) mass is 654 g/mol. The number of carbonyl (C=O) groups is 2. The van der Waals surface area contributed by atoms with E-state index in [1.54, 1.807) is 37.3 Å². The van der Waals surface area contributed by atoms with Gasteiger partial charge in [-0.25, -0.2) is 4.79 Å². The van der Waals surface area contributed by atoms with Crippen LogP contribution in [0.2, 0.25) is 5.02 Å². The summed E-state index contributed by atoms with van der Waals surface area (Å²) in [5.41, 5.74) is -0.243. The second-order valence-corrected chi connectivity index (χ2v) is 12.6. The number of ether oxygens (including phenoxy) is 1. The minimum absolute atomic E-state index is 0.0410. The van der Waals surface area contributed by atoms with Crippen molar-refractivity contribution in [2.75, 3.05) is 20.6 Å². The molecular formula is C28H32ClIN2O6. The average molecular weight is 655 g/mol. The number of hydrogen-bond acceptors (Lipinski definition) is 7. The van der Waals surface area contributed by atoms with Gasteiger partial charge in [-0.3, -0.25) is 4.79 Å². The third-order valence-corrected chi connectivity index (χ3v) is 11.1. The summed E-state index contributed by atoms with van der Waals surface area (Å²) in [6, 6.07) is 8.91. The minimum Gasteiger partial charge on any atom is -0.504 e. The zero-order chi connectivity index (χ0) is 27.6. The number of Topliss-reactive ketones (excluding diaryl/α,β-unsaturated/α-hetero) is 1. The SMILES string of the molecule is CC(C(=O)c1cccc(Cl)c1)N(C)C(=O)Oc1ccc2c(c1O)[C@]13CCN(C)[C@H](C2)[C@]1(O)CCC(O)C3I. The maximum atomic E-state index is 13.1. The second kappa shape index (κ2) is 9.92. The van der Waals surface area contributed by atoms with Crippen LogP contribution in [-0.4, -0.2) is 85.3 Å². The van der Waals surface area contributed by atoms with Crippen molar-refractivity contribution >= 4 is 46.1 Å². The molecule has 0 spiro atoms. The number of hydrogen-bond donors (Lipinski definition) is 3. The number of aliphatic hydroxyl groups is 2. The van der Waals surface area contributed by atoms with Gasteiger partial charge in [0.25, 0.3) is 0 Å². The normalized spacial score (nSPS) is 31.1. The Balaban J connectivity index is 1.48. The summed E-state index contributed by atoms with van der Waals surface area (Å²) in [6.45, 7) is 2.30. The van der Waals surface area contributed by atoms with Crippen molar-refractivity contribution in [2.45, 2.75) is 65.7 Å². The quantitative estimate of drug-likeness (QED) is 0.260. The number of alkyl halides is 1. The Morgan fingerprint density at radius 3 is 2.71 bits per heavy atom. The van der Waals surface area contributed by atoms with Crippen LogP contribution in [0.3, 0.4) is 0 Å². The lowest BCUT2D eigenvalue weighted by Gasteiger charge is -2.65. The lowest BCUT2D eigenvalue weighted by molar-refractivity contribution is -0.171. The Hall–Kier alpha value is -1.92. The summed E-state index contributed by atoms with van der Waals surface area (Å²) in [6.07, 6.45) is 0.533. The molecule has 3 unspecified atom stereocenters. The number of likely N-dealkylation sites (tertiary alicyclic amines) is 1. The number of fused-ring (bicyclic) bond motifs is 1. The third-order valence-electron chi connectivity index (χ3n) is 8.99. The topological polar surface area (TPSA) is 111 Å². The molecule has 2 aliphatic carbocycles. The predicted octanol–water partition coefficient (Wildman–Crippen LogP) is 3.94. The number of rotatable bonds is 4. The molecule has 1 saturated heterocycles. The number of amides is 1. The molecule has 38 heavy (non-hydrogen) atoms. The summed E-state index contributed by atoms with van der Waals surface area (Å²) in [5.74, 6) is -0.539. The van der Waals surface area contributed by atoms with Gasteiger partial charge in [-0.05, 0) is 70.0 Å². The smallest absolute Gasteiger partial charge is 0.415 e. The molecule has 0 aromatic heterocycles. The molecule has 8 nitrogen and oxygen atoms in total. The van der Waals surface area contributed by atoms with E-state index < -0.39 is 29.3 Å². The maximum absolute atomic E-state index is 13.1. The van der Waals surface area contributed by atoms with Gasteiger partial charge in [0.2, 0.25) is 0 Å². The maximum Gasteiger partial charge on any atom is 0.415 e. The lowest BCUT2D eigenvalue weighted by Crippen LogP contribution is -2.76. The molecule has 1 amide bonds. The number of nitrogens with zero attached hydrogens (tertiary/aromatic N) is 2. The van der Waals surface area contributed by atoms with Crippen LogP contribution in [0.1, 0.15) is 47.7 Å². The fourth-order valence-electron chi connectivity index (χ4n) is 6.76. The van der Waals surface area contributed by atoms with Gasteiger partial charge < -0.3 is 29.9 Å². The molecule has 3 N–H and O–H groups in total. The molecule has 1 saturated carbocycles. The first-order valence-corrected chi connectivity index (χ1v) is 14.4. The number of halogens is 2. The summed E-state index contributed by atoms with van der Waals surface area (Å²) in [4.78, 5) is 29.4. The van der Waals surface area contributed by atoms with E-state index in [1.165, 1.54) is 11.9 Å². The molecule has 5 rings (SSSR count). The van der Waals surface area contributed by atoms with E-state index in [0.717, 1.165) is 5.56 Å². The van der Waals surface area contributed by atoms with Crippen LogP contribution in [0, 0.1) is 0 Å². The number of ketones is 1. The molecule has 2 aromatic carbocycles. The average Bonchev–Trinajstić information content (AvgIpc) is 2.89. The molecule has 2 fully saturated rings. The Labute approximate surface area is 240 Å². The molecular weight excluding hydrogens is 623 g/mol. The van der Waals surface area contributed by atoms with Crippen LogP contribution in [0.15, 0.2) is 36.4 Å². The van der Waals surface area contributed by atoms with Crippen molar-refractivity contribution in [1.82, 2.24) is 9.80 Å². The van der Waals surface area contributed by atoms with E-state index in [2.05, 4.69) is 27.5 Å². The van der Waals surface area contributed by atoms with Gasteiger partial charge in [0.1, 0.15) is 0 Å². The molecule has 0 radical (unpaired) electrons. The highest BCUT2D eigenvalue weighted by atomic mass is 127. The highest BCUT2D eigenvalue weighted by Gasteiger charge is 2.68. The van der Waals surface area contributed by atoms with Crippen molar-refractivity contribution in [2.24, 2.45) is 0 Å². The fraction of sp³-hybridized carbons (Fsp3) is 0.500. The van der Waals surface area contributed by atoms with E-state index in [0.29, 0.717) is 48.4 Å². The predicted molar refractivity (Wildman–Crippen MR) is 152 cm³/mol. The van der Waals surface area contributed by atoms with Gasteiger partial charge in [0, 0.05) is 38.6 Å². The van der Waals surface area contributed by atoms with Gasteiger partial charge in [0.05, 0.1) is 17.7 Å². The van der Waals surface area contributed by atoms with Crippen LogP contribution in [0.4, 0.5) is 4.79 Å². The lowest BCUT2D eigenvalue weighted by atomic mass is 9.49. The number of benzene rings is 2. The first kappa shape index (κ1) is 27.6. The Morgan fingerprint density at radius 1 is 1.26 bits per heavy atom. The van der Waals surface area contributed by atoms with Crippen molar-refractivity contribution in [1.29, 1.82) is 0 Å². The zero-order valence-corrected chi connectivity index (χ0v) is 24.4. The van der Waals surface area contributed by atoms with Crippen LogP contribution >= 0.6 is 34.2 Å². The standard InChI is InChI=1S/C28H32ClIN2O6/c1-15(23(34)17-5-4-6-18(29)13-17)32(3)26(36)38-20-8-7-16-14-21-28(37)10-9-19(33)25(30)27(28,11-12-31(21)2)22(16)24(20)35/h4-8,13,15,19,21,25,33,35,37H,9-12,14H2,1-3H3/t15?,19?,21-,25?,27+,28-/m1/s1. The van der Waals surface area contributed by atoms with Gasteiger partial charge >= 0.3 is 6.09 Å². The molecule has 1 heterocycles. The van der Waals surface area contributed by atoms with Crippen LogP contribution in [0.5, 0.6) is 11.5 Å². The van der Waals surface area contributed by atoms with Gasteiger partial charge in [-0.15, -0.1) is 0 Å². The van der Waals surface area contributed by atoms with E-state index >= 15 is 0 Å². The highest BCUT2D eigenvalue weighted by molar-refractivity contribution is 14.1. The van der Waals surface area contributed by atoms with Crippen LogP contribution in [0.25, 0.3) is 0 Å². The van der Waals surface area contributed by atoms with E-state index in [-0.39, 0.29) is 27.2 Å². The fourth-order valence-corrected chi connectivity index (χ4v) is 8.47. The Bertz CT molecular complexity index is 1290. The number of aromatic hydroxyl groups is 1. The van der Waals surface area contributed by atoms with E-state index in [9.17, 15) is 24.9 Å². The molecule has 6 atom stereocenters. The molecule has 1 aliphatic heterocycles. The molecule has 10 heteroatoms. The largest absolute Gasteiger partial charge is 0.504 e. The van der Waals surface area contributed by atoms with Crippen molar-refractivity contribution in [3.63, 3.8) is 0 Å². The minimum atomic E-state index is -1.15. The van der Waals surface area contributed by atoms with E-state index in [4.69, 9.17) is 16.3 Å².